The van der Waals surface area contributed by atoms with Crippen LogP contribution < -0.4 is 16.0 Å². The van der Waals surface area contributed by atoms with Crippen LogP contribution in [-0.4, -0.2) is 56.3 Å². The largest absolute Gasteiger partial charge is 0.404 e. The first-order valence-corrected chi connectivity index (χ1v) is 11.8. The summed E-state index contributed by atoms with van der Waals surface area (Å²) in [5.74, 6) is -0.556. The molecule has 0 spiro atoms. The van der Waals surface area contributed by atoms with Gasteiger partial charge in [-0.15, -0.1) is 0 Å². The molecule has 0 aliphatic carbocycles. The van der Waals surface area contributed by atoms with Gasteiger partial charge in [-0.05, 0) is 80.8 Å². The minimum Gasteiger partial charge on any atom is -0.404 e. The summed E-state index contributed by atoms with van der Waals surface area (Å²) in [4.78, 5) is 22.1. The Morgan fingerprint density at radius 3 is 2.56 bits per heavy atom. The first-order valence-electron chi connectivity index (χ1n) is 11.8. The summed E-state index contributed by atoms with van der Waals surface area (Å²) < 4.78 is 14.4. The number of hydrogen-bond donors (Lipinski definition) is 2. The van der Waals surface area contributed by atoms with Crippen molar-refractivity contribution >= 4 is 23.4 Å². The monoisotopic (exact) mass is 463 g/mol. The number of rotatable bonds is 6. The van der Waals surface area contributed by atoms with Crippen LogP contribution in [0.5, 0.6) is 0 Å². The fourth-order valence-electron chi connectivity index (χ4n) is 5.12. The molecule has 0 aromatic heterocycles. The second-order valence-electron chi connectivity index (χ2n) is 9.43. The number of likely N-dealkylation sites (N-methyl/N-ethyl adjacent to an activating group) is 1. The molecule has 0 unspecified atom stereocenters. The third-order valence-corrected chi connectivity index (χ3v) is 7.23. The van der Waals surface area contributed by atoms with E-state index in [0.717, 1.165) is 24.3 Å². The van der Waals surface area contributed by atoms with Gasteiger partial charge in [0.2, 0.25) is 0 Å². The molecule has 0 saturated carbocycles. The number of nitrogens with one attached hydrogen (secondary N) is 1. The zero-order valence-corrected chi connectivity index (χ0v) is 20.4. The van der Waals surface area contributed by atoms with Gasteiger partial charge in [-0.3, -0.25) is 14.7 Å². The lowest BCUT2D eigenvalue weighted by Crippen LogP contribution is -2.52. The Morgan fingerprint density at radius 1 is 1.21 bits per heavy atom. The highest BCUT2D eigenvalue weighted by molar-refractivity contribution is 6.09. The summed E-state index contributed by atoms with van der Waals surface area (Å²) in [5, 5.41) is 3.05. The number of piperazine rings is 1. The molecule has 3 N–H and O–H groups in total. The lowest BCUT2D eigenvalue weighted by Gasteiger charge is -2.40. The number of nitrogens with zero attached hydrogens (tertiary/aromatic N) is 3. The Morgan fingerprint density at radius 2 is 1.91 bits per heavy atom. The average molecular weight is 464 g/mol. The minimum atomic E-state index is -0.389. The lowest BCUT2D eigenvalue weighted by molar-refractivity contribution is 0.0939. The van der Waals surface area contributed by atoms with Crippen LogP contribution in [0, 0.1) is 12.7 Å². The smallest absolute Gasteiger partial charge is 0.252 e. The molecule has 7 heteroatoms. The van der Waals surface area contributed by atoms with Crippen molar-refractivity contribution in [3.8, 4) is 0 Å². The zero-order valence-electron chi connectivity index (χ0n) is 20.4. The first-order chi connectivity index (χ1) is 16.3. The molecule has 2 saturated heterocycles. The third-order valence-electron chi connectivity index (χ3n) is 7.23. The van der Waals surface area contributed by atoms with Gasteiger partial charge in [-0.2, -0.15) is 0 Å². The number of benzene rings is 2. The summed E-state index contributed by atoms with van der Waals surface area (Å²) in [5.41, 5.74) is 10.2. The predicted octanol–water partition coefficient (Wildman–Crippen LogP) is 3.91. The van der Waals surface area contributed by atoms with Crippen LogP contribution in [-0.2, 0) is 0 Å². The zero-order chi connectivity index (χ0) is 24.4. The molecule has 180 valence electrons. The molecule has 0 radical (unpaired) electrons. The van der Waals surface area contributed by atoms with Crippen molar-refractivity contribution in [1.29, 1.82) is 0 Å². The van der Waals surface area contributed by atoms with Crippen LogP contribution in [0.1, 0.15) is 52.9 Å². The maximum atomic E-state index is 14.4. The normalized spacial score (nSPS) is 21.8. The summed E-state index contributed by atoms with van der Waals surface area (Å²) in [6, 6.07) is 11.6. The van der Waals surface area contributed by atoms with E-state index in [9.17, 15) is 9.18 Å². The van der Waals surface area contributed by atoms with Crippen molar-refractivity contribution in [1.82, 2.24) is 10.2 Å². The number of halogens is 1. The Kier molecular flexibility index (Phi) is 7.03. The number of allylic oxidation sites excluding steroid dienone is 1. The van der Waals surface area contributed by atoms with E-state index in [1.54, 1.807) is 13.3 Å². The molecular weight excluding hydrogens is 429 g/mol. The molecule has 2 aromatic carbocycles. The lowest BCUT2D eigenvalue weighted by atomic mass is 9.99. The molecule has 2 bridgehead atoms. The second-order valence-corrected chi connectivity index (χ2v) is 9.43. The fraction of sp³-hybridized carbons (Fsp3) is 0.407. The summed E-state index contributed by atoms with van der Waals surface area (Å²) in [6.07, 6.45) is 5.44. The molecular formula is C27H34FN5O. The molecule has 2 fully saturated rings. The Hall–Kier alpha value is -3.19. The van der Waals surface area contributed by atoms with Gasteiger partial charge in [0.25, 0.3) is 5.91 Å². The van der Waals surface area contributed by atoms with Crippen LogP contribution in [0.15, 0.2) is 47.6 Å². The van der Waals surface area contributed by atoms with Crippen LogP contribution in [0.3, 0.4) is 0 Å². The quantitative estimate of drug-likeness (QED) is 0.637. The van der Waals surface area contributed by atoms with Crippen molar-refractivity contribution in [3.63, 3.8) is 0 Å². The van der Waals surface area contributed by atoms with E-state index in [-0.39, 0.29) is 17.8 Å². The number of aliphatic imine (C=N–C) groups is 1. The number of carbonyl (C=O) groups excluding carboxylic acids is 1. The molecule has 2 aliphatic heterocycles. The maximum absolute atomic E-state index is 14.4. The Balaban J connectivity index is 1.53. The van der Waals surface area contributed by atoms with Gasteiger partial charge in [0.1, 0.15) is 5.82 Å². The maximum Gasteiger partial charge on any atom is 0.252 e. The van der Waals surface area contributed by atoms with Gasteiger partial charge in [0, 0.05) is 61.5 Å². The van der Waals surface area contributed by atoms with E-state index in [1.165, 1.54) is 31.2 Å². The minimum absolute atomic E-state index is 0.167. The van der Waals surface area contributed by atoms with Crippen molar-refractivity contribution in [2.24, 2.45) is 10.7 Å². The van der Waals surface area contributed by atoms with E-state index < -0.39 is 0 Å². The summed E-state index contributed by atoms with van der Waals surface area (Å²) in [7, 11) is 3.85. The fourth-order valence-corrected chi connectivity index (χ4v) is 5.12. The van der Waals surface area contributed by atoms with Gasteiger partial charge in [0.15, 0.2) is 0 Å². The van der Waals surface area contributed by atoms with Gasteiger partial charge < -0.3 is 16.0 Å². The van der Waals surface area contributed by atoms with Gasteiger partial charge >= 0.3 is 0 Å². The number of anilines is 1. The van der Waals surface area contributed by atoms with Crippen molar-refractivity contribution < 1.29 is 9.18 Å². The number of aryl methyl sites for hydroxylation is 1. The van der Waals surface area contributed by atoms with Gasteiger partial charge in [0.05, 0.1) is 6.04 Å². The molecule has 4 rings (SSSR count). The second kappa shape index (κ2) is 9.97. The molecule has 2 aliphatic rings. The molecule has 2 heterocycles. The first kappa shape index (κ1) is 24.0. The van der Waals surface area contributed by atoms with Crippen LogP contribution in [0.25, 0.3) is 5.57 Å². The Bertz CT molecular complexity index is 1110. The number of carbonyl (C=O) groups is 1. The molecule has 6 nitrogen and oxygen atoms in total. The topological polar surface area (TPSA) is 74.0 Å². The number of amides is 1. The summed E-state index contributed by atoms with van der Waals surface area (Å²) >= 11 is 0. The van der Waals surface area contributed by atoms with Crippen molar-refractivity contribution in [2.75, 3.05) is 32.1 Å². The highest BCUT2D eigenvalue weighted by Crippen LogP contribution is 2.32. The van der Waals surface area contributed by atoms with E-state index in [4.69, 9.17) is 5.73 Å². The Labute approximate surface area is 201 Å². The molecule has 2 aromatic rings. The number of fused-ring (bicyclic) bond motifs is 2. The SMILES string of the molecule is CN=CC(=CN)c1cc(F)cc([C@@H](C)NC(=O)c2cc(N3C[C@H]4CC[C@@H](C3)N4C)ccc2C)c1. The number of hydrogen-bond acceptors (Lipinski definition) is 5. The highest BCUT2D eigenvalue weighted by atomic mass is 19.1. The number of nitrogens with two attached hydrogens (primary N) is 1. The predicted molar refractivity (Wildman–Crippen MR) is 137 cm³/mol. The van der Waals surface area contributed by atoms with Crippen molar-refractivity contribution in [2.45, 2.75) is 44.8 Å². The van der Waals surface area contributed by atoms with Crippen LogP contribution in [0.2, 0.25) is 0 Å². The van der Waals surface area contributed by atoms with Crippen LogP contribution in [0.4, 0.5) is 10.1 Å². The summed E-state index contributed by atoms with van der Waals surface area (Å²) in [6.45, 7) is 5.77. The average Bonchev–Trinajstić information content (AvgIpc) is 3.02. The van der Waals surface area contributed by atoms with Crippen LogP contribution >= 0.6 is 0 Å². The van der Waals surface area contributed by atoms with Crippen molar-refractivity contribution in [3.05, 3.63) is 70.7 Å². The van der Waals surface area contributed by atoms with Gasteiger partial charge in [-0.25, -0.2) is 4.39 Å². The third kappa shape index (κ3) is 4.85. The molecule has 3 atom stereocenters. The standard InChI is InChI=1S/C27H34FN5O/c1-17-5-6-23(33-15-24-7-8-25(16-33)32(24)4)12-26(17)27(34)31-18(2)19-9-20(11-22(28)10-19)21(13-29)14-30-3/h5-6,9-14,18,24-25H,7-8,15-16,29H2,1-4H3,(H,31,34)/t18-,24-,25+/m1/s1. The molecule has 34 heavy (non-hydrogen) atoms. The van der Waals surface area contributed by atoms with E-state index >= 15 is 0 Å². The van der Waals surface area contributed by atoms with E-state index in [1.807, 2.05) is 32.0 Å². The molecule has 1 amide bonds. The van der Waals surface area contributed by atoms with Gasteiger partial charge in [-0.1, -0.05) is 6.07 Å². The highest BCUT2D eigenvalue weighted by Gasteiger charge is 2.37. The van der Waals surface area contributed by atoms with E-state index in [2.05, 4.69) is 33.2 Å². The van der Waals surface area contributed by atoms with E-state index in [0.29, 0.717) is 34.3 Å².